The highest BCUT2D eigenvalue weighted by molar-refractivity contribution is 7.16. The van der Waals surface area contributed by atoms with Gasteiger partial charge in [-0.1, -0.05) is 0 Å². The topological polar surface area (TPSA) is 0 Å². The predicted molar refractivity (Wildman–Crippen MR) is 30.1 cm³/mol. The summed E-state index contributed by atoms with van der Waals surface area (Å²) in [5.74, 6) is 0. The maximum absolute atomic E-state index is 11.7. The number of alkyl halides is 2. The van der Waals surface area contributed by atoms with Gasteiger partial charge in [0.05, 0.1) is 0 Å². The lowest BCUT2D eigenvalue weighted by Gasteiger charge is -1.95. The van der Waals surface area contributed by atoms with Crippen LogP contribution < -0.4 is 0 Å². The fourth-order valence-electron chi connectivity index (χ4n) is 0.258. The summed E-state index contributed by atoms with van der Waals surface area (Å²) in [6, 6.07) is 0. The SMILES string of the molecule is FCC(F)CCP. The largest absolute Gasteiger partial charge is 0.248 e. The number of rotatable bonds is 3. The lowest BCUT2D eigenvalue weighted by molar-refractivity contribution is 0.256. The van der Waals surface area contributed by atoms with Crippen molar-refractivity contribution in [1.82, 2.24) is 0 Å². The molecule has 0 radical (unpaired) electrons. The van der Waals surface area contributed by atoms with Crippen LogP contribution in [0.5, 0.6) is 0 Å². The first-order valence-corrected chi connectivity index (χ1v) is 3.03. The Bertz CT molecular complexity index is 40.7. The van der Waals surface area contributed by atoms with Crippen molar-refractivity contribution < 1.29 is 8.78 Å². The van der Waals surface area contributed by atoms with Crippen LogP contribution in [-0.2, 0) is 0 Å². The molecule has 0 aliphatic rings. The molecule has 0 N–H and O–H groups in total. The minimum atomic E-state index is -1.24. The molecule has 7 heavy (non-hydrogen) atoms. The van der Waals surface area contributed by atoms with Gasteiger partial charge in [-0.15, -0.1) is 9.24 Å². The van der Waals surface area contributed by atoms with Crippen LogP contribution in [0.25, 0.3) is 0 Å². The van der Waals surface area contributed by atoms with Gasteiger partial charge in [-0.2, -0.15) is 0 Å². The van der Waals surface area contributed by atoms with Crippen LogP contribution in [-0.4, -0.2) is 19.0 Å². The van der Waals surface area contributed by atoms with Crippen LogP contribution in [0.1, 0.15) is 6.42 Å². The van der Waals surface area contributed by atoms with E-state index in [1.54, 1.807) is 0 Å². The molecule has 0 spiro atoms. The van der Waals surface area contributed by atoms with Gasteiger partial charge in [-0.3, -0.25) is 0 Å². The second-order valence-electron chi connectivity index (χ2n) is 1.33. The van der Waals surface area contributed by atoms with Crippen LogP contribution in [0.15, 0.2) is 0 Å². The molecule has 0 rings (SSSR count). The second kappa shape index (κ2) is 4.45. The third-order valence-electron chi connectivity index (χ3n) is 0.647. The van der Waals surface area contributed by atoms with Crippen LogP contribution in [0.2, 0.25) is 0 Å². The van der Waals surface area contributed by atoms with Crippen molar-refractivity contribution in [2.45, 2.75) is 12.6 Å². The van der Waals surface area contributed by atoms with E-state index in [2.05, 4.69) is 9.24 Å². The molecule has 0 bridgehead atoms. The zero-order chi connectivity index (χ0) is 5.70. The van der Waals surface area contributed by atoms with Gasteiger partial charge in [-0.25, -0.2) is 8.78 Å². The monoisotopic (exact) mass is 126 g/mol. The van der Waals surface area contributed by atoms with Gasteiger partial charge in [-0.05, 0) is 12.6 Å². The van der Waals surface area contributed by atoms with Gasteiger partial charge in [0.25, 0.3) is 0 Å². The molecule has 0 nitrogen and oxygen atoms in total. The molecule has 2 unspecified atom stereocenters. The fourth-order valence-corrected chi connectivity index (χ4v) is 0.620. The zero-order valence-corrected chi connectivity index (χ0v) is 5.19. The van der Waals surface area contributed by atoms with Gasteiger partial charge >= 0.3 is 0 Å². The Hall–Kier alpha value is 0.290. The van der Waals surface area contributed by atoms with E-state index in [1.807, 2.05) is 0 Å². The van der Waals surface area contributed by atoms with E-state index in [9.17, 15) is 8.78 Å². The molecule has 0 aliphatic carbocycles. The van der Waals surface area contributed by atoms with Crippen molar-refractivity contribution in [1.29, 1.82) is 0 Å². The highest BCUT2D eigenvalue weighted by atomic mass is 31.0. The first-order valence-electron chi connectivity index (χ1n) is 2.21. The van der Waals surface area contributed by atoms with Gasteiger partial charge in [0.15, 0.2) is 0 Å². The molecule has 0 aliphatic heterocycles. The summed E-state index contributed by atoms with van der Waals surface area (Å²) in [5, 5.41) is 0. The maximum atomic E-state index is 11.7. The molecule has 0 aromatic rings. The Morgan fingerprint density at radius 1 is 1.57 bits per heavy atom. The van der Waals surface area contributed by atoms with Crippen molar-refractivity contribution in [2.24, 2.45) is 0 Å². The van der Waals surface area contributed by atoms with Gasteiger partial charge < -0.3 is 0 Å². The van der Waals surface area contributed by atoms with E-state index in [1.165, 1.54) is 0 Å². The summed E-state index contributed by atoms with van der Waals surface area (Å²) in [4.78, 5) is 0. The van der Waals surface area contributed by atoms with Gasteiger partial charge in [0.1, 0.15) is 12.8 Å². The zero-order valence-electron chi connectivity index (χ0n) is 4.03. The molecule has 0 saturated heterocycles. The maximum Gasteiger partial charge on any atom is 0.129 e. The Labute approximate surface area is 44.5 Å². The van der Waals surface area contributed by atoms with Crippen molar-refractivity contribution in [2.75, 3.05) is 12.8 Å². The van der Waals surface area contributed by atoms with Crippen molar-refractivity contribution in [3.05, 3.63) is 0 Å². The lowest BCUT2D eigenvalue weighted by Crippen LogP contribution is -2.01. The molecule has 0 aromatic heterocycles. The van der Waals surface area contributed by atoms with E-state index in [-0.39, 0.29) is 0 Å². The smallest absolute Gasteiger partial charge is 0.129 e. The van der Waals surface area contributed by atoms with E-state index >= 15 is 0 Å². The Balaban J connectivity index is 2.83. The lowest BCUT2D eigenvalue weighted by atomic mass is 10.3. The summed E-state index contributed by atoms with van der Waals surface area (Å²) >= 11 is 0. The molecule has 3 heteroatoms. The minimum Gasteiger partial charge on any atom is -0.248 e. The normalized spacial score (nSPS) is 14.1. The molecular weight excluding hydrogens is 117 g/mol. The first-order chi connectivity index (χ1) is 3.31. The molecule has 0 fully saturated rings. The average Bonchev–Trinajstić information content (AvgIpc) is 1.68. The van der Waals surface area contributed by atoms with E-state index in [0.717, 1.165) is 0 Å². The summed E-state index contributed by atoms with van der Waals surface area (Å²) in [7, 11) is 2.35. The third kappa shape index (κ3) is 4.14. The van der Waals surface area contributed by atoms with Crippen LogP contribution in [0.4, 0.5) is 8.78 Å². The average molecular weight is 126 g/mol. The summed E-state index contributed by atoms with van der Waals surface area (Å²) < 4.78 is 22.9. The van der Waals surface area contributed by atoms with Gasteiger partial charge in [0.2, 0.25) is 0 Å². The van der Waals surface area contributed by atoms with Crippen molar-refractivity contribution >= 4 is 9.24 Å². The van der Waals surface area contributed by atoms with E-state index in [0.29, 0.717) is 12.6 Å². The minimum absolute atomic E-state index is 0.321. The predicted octanol–water partition coefficient (Wildman–Crippen LogP) is 1.56. The number of halogens is 2. The second-order valence-corrected chi connectivity index (χ2v) is 1.91. The third-order valence-corrected chi connectivity index (χ3v) is 0.981. The Morgan fingerprint density at radius 2 is 2.14 bits per heavy atom. The molecular formula is C4H9F2P. The van der Waals surface area contributed by atoms with Crippen LogP contribution in [0, 0.1) is 0 Å². The highest BCUT2D eigenvalue weighted by Gasteiger charge is 2.00. The molecule has 0 heterocycles. The quantitative estimate of drug-likeness (QED) is 0.503. The number of hydrogen-bond acceptors (Lipinski definition) is 0. The molecule has 0 saturated carbocycles. The van der Waals surface area contributed by atoms with Gasteiger partial charge in [0, 0.05) is 0 Å². The number of hydrogen-bond donors (Lipinski definition) is 0. The Kier molecular flexibility index (Phi) is 4.63. The summed E-state index contributed by atoms with van der Waals surface area (Å²) in [6.45, 7) is -0.839. The van der Waals surface area contributed by atoms with Crippen molar-refractivity contribution in [3.63, 3.8) is 0 Å². The first kappa shape index (κ1) is 7.29. The Morgan fingerprint density at radius 3 is 2.29 bits per heavy atom. The summed E-state index contributed by atoms with van der Waals surface area (Å²) in [6.07, 6.45) is -0.274. The van der Waals surface area contributed by atoms with Crippen molar-refractivity contribution in [3.8, 4) is 0 Å². The standard InChI is InChI=1S/C4H9F2P/c5-3-4(6)1-2-7/h4H,1-3,7H2. The van der Waals surface area contributed by atoms with Crippen LogP contribution in [0.3, 0.4) is 0 Å². The van der Waals surface area contributed by atoms with E-state index < -0.39 is 12.8 Å². The molecule has 44 valence electrons. The summed E-state index contributed by atoms with van der Waals surface area (Å²) in [5.41, 5.74) is 0. The molecule has 0 aromatic carbocycles. The fraction of sp³-hybridized carbons (Fsp3) is 1.00. The highest BCUT2D eigenvalue weighted by Crippen LogP contribution is 2.00. The van der Waals surface area contributed by atoms with Crippen LogP contribution >= 0.6 is 9.24 Å². The molecule has 0 amide bonds. The van der Waals surface area contributed by atoms with E-state index in [4.69, 9.17) is 0 Å². The molecule has 2 atom stereocenters.